The van der Waals surface area contributed by atoms with E-state index in [0.29, 0.717) is 12.6 Å². The van der Waals surface area contributed by atoms with Crippen molar-refractivity contribution in [3.05, 3.63) is 0 Å². The lowest BCUT2D eigenvalue weighted by molar-refractivity contribution is 0.0391. The molecule has 88 valence electrons. The van der Waals surface area contributed by atoms with Gasteiger partial charge in [0.15, 0.2) is 0 Å². The van der Waals surface area contributed by atoms with Gasteiger partial charge in [-0.1, -0.05) is 6.42 Å². The smallest absolute Gasteiger partial charge is 0.0499 e. The molecule has 1 aliphatic carbocycles. The van der Waals surface area contributed by atoms with E-state index < -0.39 is 0 Å². The minimum atomic E-state index is 0.232. The first-order valence-corrected chi connectivity index (χ1v) is 6.27. The molecule has 0 aromatic heterocycles. The van der Waals surface area contributed by atoms with Crippen molar-refractivity contribution in [2.75, 3.05) is 33.3 Å². The van der Waals surface area contributed by atoms with Crippen LogP contribution in [-0.2, 0) is 0 Å². The summed E-state index contributed by atoms with van der Waals surface area (Å²) in [5.74, 6) is 0. The number of piperidine rings is 1. The summed E-state index contributed by atoms with van der Waals surface area (Å²) in [6.07, 6.45) is 6.32. The highest BCUT2D eigenvalue weighted by Gasteiger charge is 2.36. The molecule has 2 fully saturated rings. The summed E-state index contributed by atoms with van der Waals surface area (Å²) in [7, 11) is 2.19. The van der Waals surface area contributed by atoms with Crippen molar-refractivity contribution in [1.29, 1.82) is 0 Å². The molecule has 0 amide bonds. The Balaban J connectivity index is 1.72. The topological polar surface area (TPSA) is 35.5 Å². The van der Waals surface area contributed by atoms with Gasteiger partial charge in [-0.3, -0.25) is 0 Å². The van der Waals surface area contributed by atoms with Gasteiger partial charge in [-0.15, -0.1) is 0 Å². The second-order valence-corrected chi connectivity index (χ2v) is 5.49. The average Bonchev–Trinajstić information content (AvgIpc) is 2.17. The summed E-state index contributed by atoms with van der Waals surface area (Å²) >= 11 is 0. The van der Waals surface area contributed by atoms with Crippen molar-refractivity contribution >= 4 is 0 Å². The fourth-order valence-electron chi connectivity index (χ4n) is 2.76. The number of rotatable bonds is 4. The van der Waals surface area contributed by atoms with E-state index in [4.69, 9.17) is 0 Å². The zero-order chi connectivity index (χ0) is 10.7. The number of likely N-dealkylation sites (N-methyl/N-ethyl adjacent to an activating group) is 1. The lowest BCUT2D eigenvalue weighted by Gasteiger charge is -2.42. The van der Waals surface area contributed by atoms with E-state index in [9.17, 15) is 5.11 Å². The van der Waals surface area contributed by atoms with Crippen LogP contribution in [0.2, 0.25) is 0 Å². The second kappa shape index (κ2) is 4.81. The first-order chi connectivity index (χ1) is 7.24. The van der Waals surface area contributed by atoms with Gasteiger partial charge in [-0.2, -0.15) is 0 Å². The van der Waals surface area contributed by atoms with Gasteiger partial charge >= 0.3 is 0 Å². The SMILES string of the molecule is CN1CCCC(NCC2(CO)CCC2)C1. The van der Waals surface area contributed by atoms with Crippen LogP contribution in [0.15, 0.2) is 0 Å². The van der Waals surface area contributed by atoms with Crippen LogP contribution in [0.3, 0.4) is 0 Å². The van der Waals surface area contributed by atoms with E-state index in [0.717, 1.165) is 6.54 Å². The van der Waals surface area contributed by atoms with Crippen LogP contribution in [0.25, 0.3) is 0 Å². The Bertz CT molecular complexity index is 198. The lowest BCUT2D eigenvalue weighted by Crippen LogP contribution is -2.50. The number of hydrogen-bond donors (Lipinski definition) is 2. The monoisotopic (exact) mass is 212 g/mol. The third-order valence-corrected chi connectivity index (χ3v) is 4.14. The van der Waals surface area contributed by atoms with Crippen molar-refractivity contribution in [1.82, 2.24) is 10.2 Å². The number of likely N-dealkylation sites (tertiary alicyclic amines) is 1. The van der Waals surface area contributed by atoms with Crippen molar-refractivity contribution < 1.29 is 5.11 Å². The van der Waals surface area contributed by atoms with Crippen molar-refractivity contribution in [2.45, 2.75) is 38.1 Å². The molecule has 2 rings (SSSR count). The Hall–Kier alpha value is -0.120. The molecular weight excluding hydrogens is 188 g/mol. The Morgan fingerprint density at radius 2 is 2.20 bits per heavy atom. The van der Waals surface area contributed by atoms with Gasteiger partial charge in [0.2, 0.25) is 0 Å². The maximum Gasteiger partial charge on any atom is 0.0499 e. The van der Waals surface area contributed by atoms with Gasteiger partial charge in [0, 0.05) is 31.2 Å². The van der Waals surface area contributed by atoms with Crippen LogP contribution in [0, 0.1) is 5.41 Å². The molecule has 0 spiro atoms. The number of nitrogens with one attached hydrogen (secondary N) is 1. The highest BCUT2D eigenvalue weighted by molar-refractivity contribution is 4.90. The van der Waals surface area contributed by atoms with Gasteiger partial charge in [-0.25, -0.2) is 0 Å². The van der Waals surface area contributed by atoms with Crippen molar-refractivity contribution in [3.8, 4) is 0 Å². The van der Waals surface area contributed by atoms with E-state index in [1.54, 1.807) is 0 Å². The number of hydrogen-bond acceptors (Lipinski definition) is 3. The third kappa shape index (κ3) is 2.71. The van der Waals surface area contributed by atoms with E-state index in [2.05, 4.69) is 17.3 Å². The Morgan fingerprint density at radius 3 is 2.73 bits per heavy atom. The predicted molar refractivity (Wildman–Crippen MR) is 61.9 cm³/mol. The zero-order valence-electron chi connectivity index (χ0n) is 9.84. The molecule has 0 aromatic rings. The fraction of sp³-hybridized carbons (Fsp3) is 1.00. The quantitative estimate of drug-likeness (QED) is 0.724. The van der Waals surface area contributed by atoms with Crippen LogP contribution in [-0.4, -0.2) is 49.3 Å². The van der Waals surface area contributed by atoms with Crippen molar-refractivity contribution in [3.63, 3.8) is 0 Å². The first-order valence-electron chi connectivity index (χ1n) is 6.27. The summed E-state index contributed by atoms with van der Waals surface area (Å²) < 4.78 is 0. The molecule has 1 heterocycles. The lowest BCUT2D eigenvalue weighted by atomic mass is 9.69. The average molecular weight is 212 g/mol. The fourth-order valence-corrected chi connectivity index (χ4v) is 2.76. The van der Waals surface area contributed by atoms with Crippen LogP contribution < -0.4 is 5.32 Å². The molecule has 2 N–H and O–H groups in total. The van der Waals surface area contributed by atoms with E-state index in [-0.39, 0.29) is 5.41 Å². The summed E-state index contributed by atoms with van der Waals surface area (Å²) in [6.45, 7) is 3.79. The predicted octanol–water partition coefficient (Wildman–Crippen LogP) is 0.833. The van der Waals surface area contributed by atoms with E-state index >= 15 is 0 Å². The molecule has 0 aromatic carbocycles. The molecule has 2 aliphatic rings. The molecule has 1 aliphatic heterocycles. The highest BCUT2D eigenvalue weighted by Crippen LogP contribution is 2.39. The largest absolute Gasteiger partial charge is 0.396 e. The van der Waals surface area contributed by atoms with Gasteiger partial charge in [0.05, 0.1) is 0 Å². The molecule has 15 heavy (non-hydrogen) atoms. The molecule has 0 bridgehead atoms. The van der Waals surface area contributed by atoms with E-state index in [1.165, 1.54) is 45.2 Å². The Kier molecular flexibility index (Phi) is 3.65. The summed E-state index contributed by atoms with van der Waals surface area (Å²) in [5, 5.41) is 13.0. The van der Waals surface area contributed by atoms with Crippen LogP contribution >= 0.6 is 0 Å². The molecule has 0 radical (unpaired) electrons. The Labute approximate surface area is 92.8 Å². The Morgan fingerprint density at radius 1 is 1.40 bits per heavy atom. The molecule has 1 unspecified atom stereocenters. The normalized spacial score (nSPS) is 31.2. The van der Waals surface area contributed by atoms with Crippen molar-refractivity contribution in [2.24, 2.45) is 5.41 Å². The van der Waals surface area contributed by atoms with E-state index in [1.807, 2.05) is 0 Å². The first kappa shape index (κ1) is 11.4. The van der Waals surface area contributed by atoms with Gasteiger partial charge in [-0.05, 0) is 39.3 Å². The molecule has 3 nitrogen and oxygen atoms in total. The maximum atomic E-state index is 9.37. The summed E-state index contributed by atoms with van der Waals surface area (Å²) in [4.78, 5) is 2.40. The second-order valence-electron chi connectivity index (χ2n) is 5.49. The molecular formula is C12H24N2O. The van der Waals surface area contributed by atoms with Gasteiger partial charge in [0.1, 0.15) is 0 Å². The third-order valence-electron chi connectivity index (χ3n) is 4.14. The minimum Gasteiger partial charge on any atom is -0.396 e. The summed E-state index contributed by atoms with van der Waals surface area (Å²) in [5.41, 5.74) is 0.232. The number of nitrogens with zero attached hydrogens (tertiary/aromatic N) is 1. The summed E-state index contributed by atoms with van der Waals surface area (Å²) in [6, 6.07) is 0.646. The van der Waals surface area contributed by atoms with Crippen LogP contribution in [0.1, 0.15) is 32.1 Å². The zero-order valence-corrected chi connectivity index (χ0v) is 9.84. The maximum absolute atomic E-state index is 9.37. The standard InChI is InChI=1S/C12H24N2O/c1-14-7-2-4-11(8-14)13-9-12(10-15)5-3-6-12/h11,13,15H,2-10H2,1H3. The van der Waals surface area contributed by atoms with Crippen LogP contribution in [0.5, 0.6) is 0 Å². The number of aliphatic hydroxyl groups is 1. The van der Waals surface area contributed by atoms with Crippen LogP contribution in [0.4, 0.5) is 0 Å². The molecule has 1 atom stereocenters. The highest BCUT2D eigenvalue weighted by atomic mass is 16.3. The van der Waals surface area contributed by atoms with Gasteiger partial charge in [0.25, 0.3) is 0 Å². The molecule has 1 saturated heterocycles. The molecule has 3 heteroatoms. The van der Waals surface area contributed by atoms with Gasteiger partial charge < -0.3 is 15.3 Å². The number of aliphatic hydroxyl groups excluding tert-OH is 1. The molecule has 1 saturated carbocycles. The minimum absolute atomic E-state index is 0.232.